The van der Waals surface area contributed by atoms with Gasteiger partial charge in [-0.3, -0.25) is 4.79 Å². The molecule has 0 rings (SSSR count). The first-order chi connectivity index (χ1) is 6.90. The Morgan fingerprint density at radius 3 is 2.13 bits per heavy atom. The van der Waals surface area contributed by atoms with E-state index in [9.17, 15) is 9.59 Å². The third-order valence-corrected chi connectivity index (χ3v) is 2.45. The SMILES string of the molecule is CC(C)C(C)C(=O)NC(CCO)C(=O)O. The maximum absolute atomic E-state index is 11.5. The van der Waals surface area contributed by atoms with Crippen LogP contribution in [-0.4, -0.2) is 34.7 Å². The molecule has 88 valence electrons. The second-order valence-corrected chi connectivity index (χ2v) is 3.94. The maximum atomic E-state index is 11.5. The molecule has 0 radical (unpaired) electrons. The third kappa shape index (κ3) is 4.78. The standard InChI is InChI=1S/C10H19NO4/c1-6(2)7(3)9(13)11-8(4-5-12)10(14)15/h6-8,12H,4-5H2,1-3H3,(H,11,13)(H,14,15). The van der Waals surface area contributed by atoms with Gasteiger partial charge in [-0.05, 0) is 5.92 Å². The number of amides is 1. The number of carbonyl (C=O) groups excluding carboxylic acids is 1. The Balaban J connectivity index is 4.28. The van der Waals surface area contributed by atoms with Gasteiger partial charge in [-0.25, -0.2) is 4.79 Å². The first kappa shape index (κ1) is 13.9. The second kappa shape index (κ2) is 6.40. The summed E-state index contributed by atoms with van der Waals surface area (Å²) in [6, 6.07) is -0.997. The van der Waals surface area contributed by atoms with Gasteiger partial charge in [0.2, 0.25) is 5.91 Å². The zero-order valence-corrected chi connectivity index (χ0v) is 9.36. The van der Waals surface area contributed by atoms with Gasteiger partial charge in [0, 0.05) is 18.9 Å². The van der Waals surface area contributed by atoms with E-state index in [0.717, 1.165) is 0 Å². The third-order valence-electron chi connectivity index (χ3n) is 2.45. The second-order valence-electron chi connectivity index (χ2n) is 3.94. The van der Waals surface area contributed by atoms with E-state index in [0.29, 0.717) is 0 Å². The summed E-state index contributed by atoms with van der Waals surface area (Å²) in [5, 5.41) is 19.8. The minimum absolute atomic E-state index is 0.0336. The highest BCUT2D eigenvalue weighted by atomic mass is 16.4. The molecule has 0 aromatic heterocycles. The van der Waals surface area contributed by atoms with Crippen LogP contribution in [0.5, 0.6) is 0 Å². The van der Waals surface area contributed by atoms with Gasteiger partial charge in [-0.1, -0.05) is 20.8 Å². The quantitative estimate of drug-likeness (QED) is 0.594. The smallest absolute Gasteiger partial charge is 0.326 e. The number of nitrogens with one attached hydrogen (secondary N) is 1. The molecular formula is C10H19NO4. The molecule has 0 aliphatic heterocycles. The first-order valence-electron chi connectivity index (χ1n) is 5.04. The number of aliphatic hydroxyl groups excluding tert-OH is 1. The van der Waals surface area contributed by atoms with E-state index in [-0.39, 0.29) is 30.8 Å². The molecule has 1 amide bonds. The normalized spacial score (nSPS) is 14.7. The van der Waals surface area contributed by atoms with Crippen LogP contribution >= 0.6 is 0 Å². The van der Waals surface area contributed by atoms with Gasteiger partial charge in [0.05, 0.1) is 0 Å². The molecule has 2 atom stereocenters. The highest BCUT2D eigenvalue weighted by Gasteiger charge is 2.23. The Kier molecular flexibility index (Phi) is 5.93. The number of carboxylic acids is 1. The summed E-state index contributed by atoms with van der Waals surface area (Å²) in [7, 11) is 0. The summed E-state index contributed by atoms with van der Waals surface area (Å²) < 4.78 is 0. The van der Waals surface area contributed by atoms with Crippen LogP contribution in [0.25, 0.3) is 0 Å². The molecule has 0 spiro atoms. The van der Waals surface area contributed by atoms with Crippen molar-refractivity contribution in [2.24, 2.45) is 11.8 Å². The van der Waals surface area contributed by atoms with Crippen molar-refractivity contribution in [1.82, 2.24) is 5.32 Å². The van der Waals surface area contributed by atoms with Crippen molar-refractivity contribution in [1.29, 1.82) is 0 Å². The van der Waals surface area contributed by atoms with Crippen molar-refractivity contribution < 1.29 is 19.8 Å². The minimum Gasteiger partial charge on any atom is -0.480 e. The molecule has 0 saturated heterocycles. The molecule has 0 bridgehead atoms. The van der Waals surface area contributed by atoms with Crippen molar-refractivity contribution in [3.05, 3.63) is 0 Å². The zero-order valence-electron chi connectivity index (χ0n) is 9.36. The molecule has 0 saturated carbocycles. The topological polar surface area (TPSA) is 86.6 Å². The zero-order chi connectivity index (χ0) is 12.0. The predicted molar refractivity (Wildman–Crippen MR) is 55.3 cm³/mol. The average Bonchev–Trinajstić information content (AvgIpc) is 2.15. The van der Waals surface area contributed by atoms with Crippen molar-refractivity contribution in [3.8, 4) is 0 Å². The predicted octanol–water partition coefficient (Wildman–Crippen LogP) is 0.230. The molecule has 5 nitrogen and oxygen atoms in total. The molecule has 0 fully saturated rings. The van der Waals surface area contributed by atoms with E-state index in [2.05, 4.69) is 5.32 Å². The summed E-state index contributed by atoms with van der Waals surface area (Å²) in [5.41, 5.74) is 0. The molecule has 2 unspecified atom stereocenters. The van der Waals surface area contributed by atoms with Crippen LogP contribution in [0, 0.1) is 11.8 Å². The van der Waals surface area contributed by atoms with E-state index >= 15 is 0 Å². The number of aliphatic carboxylic acids is 1. The van der Waals surface area contributed by atoms with Gasteiger partial charge in [0.1, 0.15) is 6.04 Å². The number of aliphatic hydroxyl groups is 1. The van der Waals surface area contributed by atoms with Crippen LogP contribution in [-0.2, 0) is 9.59 Å². The molecule has 0 aromatic rings. The van der Waals surface area contributed by atoms with Crippen LogP contribution in [0.15, 0.2) is 0 Å². The van der Waals surface area contributed by atoms with Crippen LogP contribution in [0.3, 0.4) is 0 Å². The van der Waals surface area contributed by atoms with Crippen LogP contribution in [0.2, 0.25) is 0 Å². The molecule has 15 heavy (non-hydrogen) atoms. The average molecular weight is 217 g/mol. The lowest BCUT2D eigenvalue weighted by Gasteiger charge is -2.19. The molecule has 5 heteroatoms. The number of hydrogen-bond donors (Lipinski definition) is 3. The van der Waals surface area contributed by atoms with Gasteiger partial charge in [0.25, 0.3) is 0 Å². The first-order valence-corrected chi connectivity index (χ1v) is 5.04. The lowest BCUT2D eigenvalue weighted by Crippen LogP contribution is -2.44. The molecule has 0 aromatic carbocycles. The Hall–Kier alpha value is -1.10. The van der Waals surface area contributed by atoms with Crippen molar-refractivity contribution in [2.75, 3.05) is 6.61 Å². The lowest BCUT2D eigenvalue weighted by atomic mass is 9.97. The van der Waals surface area contributed by atoms with Crippen LogP contribution < -0.4 is 5.32 Å². The Morgan fingerprint density at radius 2 is 1.80 bits per heavy atom. The van der Waals surface area contributed by atoms with E-state index in [1.165, 1.54) is 0 Å². The Labute approximate surface area is 89.5 Å². The summed E-state index contributed by atoms with van der Waals surface area (Å²) in [5.74, 6) is -1.47. The highest BCUT2D eigenvalue weighted by Crippen LogP contribution is 2.09. The van der Waals surface area contributed by atoms with E-state index in [1.807, 2.05) is 13.8 Å². The minimum atomic E-state index is -1.12. The Morgan fingerprint density at radius 1 is 1.27 bits per heavy atom. The summed E-state index contributed by atoms with van der Waals surface area (Å²) in [4.78, 5) is 22.2. The van der Waals surface area contributed by atoms with Gasteiger partial charge in [-0.2, -0.15) is 0 Å². The molecule has 0 heterocycles. The van der Waals surface area contributed by atoms with Gasteiger partial charge < -0.3 is 15.5 Å². The largest absolute Gasteiger partial charge is 0.480 e. The van der Waals surface area contributed by atoms with E-state index in [1.54, 1.807) is 6.92 Å². The van der Waals surface area contributed by atoms with E-state index in [4.69, 9.17) is 10.2 Å². The molecule has 0 aliphatic rings. The monoisotopic (exact) mass is 217 g/mol. The van der Waals surface area contributed by atoms with Gasteiger partial charge >= 0.3 is 5.97 Å². The Bertz CT molecular complexity index is 227. The fourth-order valence-electron chi connectivity index (χ4n) is 0.992. The molecular weight excluding hydrogens is 198 g/mol. The van der Waals surface area contributed by atoms with Gasteiger partial charge in [-0.15, -0.1) is 0 Å². The summed E-state index contributed by atoms with van der Waals surface area (Å²) in [6.07, 6.45) is 0.0336. The van der Waals surface area contributed by atoms with Crippen molar-refractivity contribution in [2.45, 2.75) is 33.2 Å². The molecule has 0 aliphatic carbocycles. The number of carboxylic acid groups (broad SMARTS) is 1. The van der Waals surface area contributed by atoms with Gasteiger partial charge in [0.15, 0.2) is 0 Å². The number of carbonyl (C=O) groups is 2. The van der Waals surface area contributed by atoms with E-state index < -0.39 is 12.0 Å². The van der Waals surface area contributed by atoms with Crippen molar-refractivity contribution in [3.63, 3.8) is 0 Å². The van der Waals surface area contributed by atoms with Crippen molar-refractivity contribution >= 4 is 11.9 Å². The van der Waals surface area contributed by atoms with Crippen LogP contribution in [0.4, 0.5) is 0 Å². The number of hydrogen-bond acceptors (Lipinski definition) is 3. The fraction of sp³-hybridized carbons (Fsp3) is 0.800. The fourth-order valence-corrected chi connectivity index (χ4v) is 0.992. The lowest BCUT2D eigenvalue weighted by molar-refractivity contribution is -0.143. The molecule has 3 N–H and O–H groups in total. The number of rotatable bonds is 6. The summed E-state index contributed by atoms with van der Waals surface area (Å²) in [6.45, 7) is 5.28. The summed E-state index contributed by atoms with van der Waals surface area (Å²) >= 11 is 0. The van der Waals surface area contributed by atoms with Crippen LogP contribution in [0.1, 0.15) is 27.2 Å². The highest BCUT2D eigenvalue weighted by molar-refractivity contribution is 5.84. The maximum Gasteiger partial charge on any atom is 0.326 e.